The fourth-order valence-electron chi connectivity index (χ4n) is 2.94. The van der Waals surface area contributed by atoms with Crippen molar-refractivity contribution in [3.05, 3.63) is 60.2 Å². The van der Waals surface area contributed by atoms with E-state index in [9.17, 15) is 22.0 Å². The van der Waals surface area contributed by atoms with Crippen LogP contribution in [-0.4, -0.2) is 31.7 Å². The summed E-state index contributed by atoms with van der Waals surface area (Å²) in [6, 6.07) is 10.8. The summed E-state index contributed by atoms with van der Waals surface area (Å²) >= 11 is 0. The molecule has 3 rings (SSSR count). The van der Waals surface area contributed by atoms with Gasteiger partial charge in [-0.15, -0.1) is 0 Å². The number of piperidine rings is 1. The number of anilines is 1. The summed E-state index contributed by atoms with van der Waals surface area (Å²) in [5.41, 5.74) is -0.252. The van der Waals surface area contributed by atoms with Crippen molar-refractivity contribution in [2.24, 2.45) is 5.92 Å². The molecule has 1 aliphatic rings. The number of sulfonamides is 1. The van der Waals surface area contributed by atoms with Crippen molar-refractivity contribution in [1.82, 2.24) is 4.31 Å². The molecule has 1 heterocycles. The molecule has 26 heavy (non-hydrogen) atoms. The van der Waals surface area contributed by atoms with E-state index in [2.05, 4.69) is 5.32 Å². The van der Waals surface area contributed by atoms with Gasteiger partial charge in [0.1, 0.15) is 11.6 Å². The van der Waals surface area contributed by atoms with Crippen molar-refractivity contribution in [3.8, 4) is 0 Å². The smallest absolute Gasteiger partial charge is 0.243 e. The quantitative estimate of drug-likeness (QED) is 0.887. The first-order valence-corrected chi connectivity index (χ1v) is 9.63. The summed E-state index contributed by atoms with van der Waals surface area (Å²) in [7, 11) is -3.70. The summed E-state index contributed by atoms with van der Waals surface area (Å²) in [5, 5.41) is 2.36. The standard InChI is InChI=1S/C18H18F2N2O3S/c19-14-8-9-16(20)17(11-14)21-18(23)13-5-4-10-22(12-13)26(24,25)15-6-2-1-3-7-15/h1-3,6-9,11,13H,4-5,10,12H2,(H,21,23). The third-order valence-electron chi connectivity index (χ3n) is 4.32. The van der Waals surface area contributed by atoms with E-state index in [0.29, 0.717) is 19.4 Å². The molecule has 8 heteroatoms. The highest BCUT2D eigenvalue weighted by molar-refractivity contribution is 7.89. The van der Waals surface area contributed by atoms with Crippen molar-refractivity contribution >= 4 is 21.6 Å². The molecule has 1 saturated heterocycles. The van der Waals surface area contributed by atoms with E-state index in [-0.39, 0.29) is 17.1 Å². The van der Waals surface area contributed by atoms with Gasteiger partial charge in [-0.2, -0.15) is 4.31 Å². The Kier molecular flexibility index (Phi) is 5.33. The predicted octanol–water partition coefficient (Wildman–Crippen LogP) is 3.00. The van der Waals surface area contributed by atoms with Gasteiger partial charge in [-0.05, 0) is 37.1 Å². The van der Waals surface area contributed by atoms with Gasteiger partial charge in [0.25, 0.3) is 0 Å². The Morgan fingerprint density at radius 1 is 1.12 bits per heavy atom. The van der Waals surface area contributed by atoms with Crippen molar-refractivity contribution in [1.29, 1.82) is 0 Å². The summed E-state index contributed by atoms with van der Waals surface area (Å²) in [6.45, 7) is 0.315. The first kappa shape index (κ1) is 18.5. The number of halogens is 2. The monoisotopic (exact) mass is 380 g/mol. The summed E-state index contributed by atoms with van der Waals surface area (Å²) < 4.78 is 53.6. The van der Waals surface area contributed by atoms with Crippen molar-refractivity contribution in [3.63, 3.8) is 0 Å². The fourth-order valence-corrected chi connectivity index (χ4v) is 4.49. The zero-order valence-corrected chi connectivity index (χ0v) is 14.7. The molecule has 2 aromatic carbocycles. The number of nitrogens with zero attached hydrogens (tertiary/aromatic N) is 1. The first-order chi connectivity index (χ1) is 12.4. The molecule has 0 aliphatic carbocycles. The number of rotatable bonds is 4. The Labute approximate surface area is 150 Å². The summed E-state index contributed by atoms with van der Waals surface area (Å²) in [4.78, 5) is 12.6. The molecule has 1 aliphatic heterocycles. The molecule has 1 N–H and O–H groups in total. The van der Waals surface area contributed by atoms with Gasteiger partial charge in [-0.3, -0.25) is 4.79 Å². The lowest BCUT2D eigenvalue weighted by Crippen LogP contribution is -2.43. The van der Waals surface area contributed by atoms with Crippen LogP contribution in [0, 0.1) is 17.6 Å². The van der Waals surface area contributed by atoms with E-state index in [1.807, 2.05) is 0 Å². The highest BCUT2D eigenvalue weighted by atomic mass is 32.2. The highest BCUT2D eigenvalue weighted by Gasteiger charge is 2.33. The zero-order chi connectivity index (χ0) is 18.7. The molecule has 0 saturated carbocycles. The van der Waals surface area contributed by atoms with Crippen LogP contribution in [0.4, 0.5) is 14.5 Å². The molecule has 1 unspecified atom stereocenters. The van der Waals surface area contributed by atoms with Gasteiger partial charge in [-0.25, -0.2) is 17.2 Å². The number of hydrogen-bond acceptors (Lipinski definition) is 3. The normalized spacial score (nSPS) is 18.5. The zero-order valence-electron chi connectivity index (χ0n) is 13.9. The second kappa shape index (κ2) is 7.51. The van der Waals surface area contributed by atoms with E-state index >= 15 is 0 Å². The SMILES string of the molecule is O=C(Nc1cc(F)ccc1F)C1CCCN(S(=O)(=O)c2ccccc2)C1. The van der Waals surface area contributed by atoms with E-state index in [0.717, 1.165) is 18.2 Å². The molecule has 2 aromatic rings. The lowest BCUT2D eigenvalue weighted by Gasteiger charge is -2.31. The number of amides is 1. The molecule has 0 bridgehead atoms. The largest absolute Gasteiger partial charge is 0.323 e. The van der Waals surface area contributed by atoms with Crippen LogP contribution in [0.5, 0.6) is 0 Å². The van der Waals surface area contributed by atoms with Gasteiger partial charge in [-0.1, -0.05) is 18.2 Å². The third kappa shape index (κ3) is 3.91. The Morgan fingerprint density at radius 3 is 2.58 bits per heavy atom. The topological polar surface area (TPSA) is 66.5 Å². The Balaban J connectivity index is 1.74. The van der Waals surface area contributed by atoms with Gasteiger partial charge in [0, 0.05) is 19.2 Å². The Morgan fingerprint density at radius 2 is 1.85 bits per heavy atom. The highest BCUT2D eigenvalue weighted by Crippen LogP contribution is 2.25. The minimum absolute atomic E-state index is 0.00000425. The number of benzene rings is 2. The van der Waals surface area contributed by atoms with E-state index in [1.54, 1.807) is 18.2 Å². The van der Waals surface area contributed by atoms with Crippen molar-refractivity contribution < 1.29 is 22.0 Å². The van der Waals surface area contributed by atoms with Crippen molar-refractivity contribution in [2.45, 2.75) is 17.7 Å². The van der Waals surface area contributed by atoms with Gasteiger partial charge >= 0.3 is 0 Å². The minimum atomic E-state index is -3.70. The van der Waals surface area contributed by atoms with Crippen LogP contribution in [0.2, 0.25) is 0 Å². The third-order valence-corrected chi connectivity index (χ3v) is 6.20. The maximum atomic E-state index is 13.7. The number of hydrogen-bond donors (Lipinski definition) is 1. The molecule has 0 spiro atoms. The maximum Gasteiger partial charge on any atom is 0.243 e. The first-order valence-electron chi connectivity index (χ1n) is 8.19. The second-order valence-electron chi connectivity index (χ2n) is 6.13. The van der Waals surface area contributed by atoms with Crippen LogP contribution in [0.3, 0.4) is 0 Å². The molecule has 1 fully saturated rings. The van der Waals surface area contributed by atoms with Crippen LogP contribution in [0.25, 0.3) is 0 Å². The lowest BCUT2D eigenvalue weighted by atomic mass is 9.98. The summed E-state index contributed by atoms with van der Waals surface area (Å²) in [6.07, 6.45) is 0.985. The van der Waals surface area contributed by atoms with Gasteiger partial charge < -0.3 is 5.32 Å². The van der Waals surface area contributed by atoms with E-state index < -0.39 is 33.5 Å². The van der Waals surface area contributed by atoms with Crippen LogP contribution in [0.15, 0.2) is 53.4 Å². The molecule has 0 radical (unpaired) electrons. The minimum Gasteiger partial charge on any atom is -0.323 e. The lowest BCUT2D eigenvalue weighted by molar-refractivity contribution is -0.120. The maximum absolute atomic E-state index is 13.7. The molecule has 138 valence electrons. The fraction of sp³-hybridized carbons (Fsp3) is 0.278. The molecule has 5 nitrogen and oxygen atoms in total. The summed E-state index contributed by atoms with van der Waals surface area (Å²) in [5.74, 6) is -2.57. The van der Waals surface area contributed by atoms with Gasteiger partial charge in [0.2, 0.25) is 15.9 Å². The second-order valence-corrected chi connectivity index (χ2v) is 8.07. The van der Waals surface area contributed by atoms with Crippen LogP contribution >= 0.6 is 0 Å². The van der Waals surface area contributed by atoms with E-state index in [4.69, 9.17) is 0 Å². The average Bonchev–Trinajstić information content (AvgIpc) is 2.65. The molecular formula is C18H18F2N2O3S. The van der Waals surface area contributed by atoms with Crippen LogP contribution in [-0.2, 0) is 14.8 Å². The molecular weight excluding hydrogens is 362 g/mol. The van der Waals surface area contributed by atoms with Gasteiger partial charge in [0.15, 0.2) is 0 Å². The number of carbonyl (C=O) groups excluding carboxylic acids is 1. The predicted molar refractivity (Wildman–Crippen MR) is 92.9 cm³/mol. The number of carbonyl (C=O) groups is 1. The molecule has 1 amide bonds. The van der Waals surface area contributed by atoms with Gasteiger partial charge in [0.05, 0.1) is 16.5 Å². The Hall–Kier alpha value is -2.32. The average molecular weight is 380 g/mol. The molecule has 1 atom stereocenters. The van der Waals surface area contributed by atoms with E-state index in [1.165, 1.54) is 16.4 Å². The van der Waals surface area contributed by atoms with Crippen LogP contribution in [0.1, 0.15) is 12.8 Å². The Bertz CT molecular complexity index is 904. The van der Waals surface area contributed by atoms with Crippen molar-refractivity contribution in [2.75, 3.05) is 18.4 Å². The molecule has 0 aromatic heterocycles. The van der Waals surface area contributed by atoms with Crippen LogP contribution < -0.4 is 5.32 Å². The number of nitrogens with one attached hydrogen (secondary N) is 1.